The van der Waals surface area contributed by atoms with E-state index in [1.165, 1.54) is 11.1 Å². The van der Waals surface area contributed by atoms with E-state index < -0.39 is 0 Å². The highest BCUT2D eigenvalue weighted by atomic mass is 16.5. The lowest BCUT2D eigenvalue weighted by atomic mass is 10.00. The first-order valence-electron chi connectivity index (χ1n) is 7.00. The summed E-state index contributed by atoms with van der Waals surface area (Å²) in [6.45, 7) is 7.18. The van der Waals surface area contributed by atoms with Crippen molar-refractivity contribution >= 4 is 0 Å². The van der Waals surface area contributed by atoms with Gasteiger partial charge >= 0.3 is 0 Å². The zero-order valence-electron chi connectivity index (χ0n) is 12.5. The van der Waals surface area contributed by atoms with E-state index in [0.717, 1.165) is 31.6 Å². The van der Waals surface area contributed by atoms with Crippen LogP contribution < -0.4 is 10.1 Å². The molecule has 1 unspecified atom stereocenters. The average molecular weight is 259 g/mol. The van der Waals surface area contributed by atoms with Crippen molar-refractivity contribution in [3.63, 3.8) is 0 Å². The molecule has 0 aromatic heterocycles. The molecule has 1 N–H and O–H groups in total. The fourth-order valence-electron chi connectivity index (χ4n) is 2.10. The van der Waals surface area contributed by atoms with Crippen molar-refractivity contribution < 1.29 is 4.74 Å². The van der Waals surface area contributed by atoms with Gasteiger partial charge in [-0.25, -0.2) is 0 Å². The van der Waals surface area contributed by atoms with Crippen molar-refractivity contribution in [2.75, 3.05) is 13.7 Å². The van der Waals surface area contributed by atoms with Crippen LogP contribution in [-0.2, 0) is 0 Å². The molecule has 1 aromatic rings. The molecule has 19 heavy (non-hydrogen) atoms. The Kier molecular flexibility index (Phi) is 7.07. The maximum absolute atomic E-state index is 5.41. The number of rotatable bonds is 7. The van der Waals surface area contributed by atoms with E-state index in [2.05, 4.69) is 49.2 Å². The highest BCUT2D eigenvalue weighted by molar-refractivity contribution is 5.37. The smallest absolute Gasteiger partial charge is 0.122 e. The van der Waals surface area contributed by atoms with E-state index in [9.17, 15) is 0 Å². The molecule has 0 saturated carbocycles. The summed E-state index contributed by atoms with van der Waals surface area (Å²) in [5.74, 6) is 7.06. The topological polar surface area (TPSA) is 21.3 Å². The van der Waals surface area contributed by atoms with Gasteiger partial charge in [-0.3, -0.25) is 0 Å². The largest absolute Gasteiger partial charge is 0.496 e. The fourth-order valence-corrected chi connectivity index (χ4v) is 2.10. The minimum atomic E-state index is 0.357. The van der Waals surface area contributed by atoms with E-state index in [0.29, 0.717) is 6.04 Å². The molecular weight excluding hydrogens is 234 g/mol. The van der Waals surface area contributed by atoms with E-state index in [4.69, 9.17) is 4.74 Å². The summed E-state index contributed by atoms with van der Waals surface area (Å²) in [6, 6.07) is 6.81. The molecule has 1 aromatic carbocycles. The molecule has 0 fully saturated rings. The number of ether oxygens (including phenoxy) is 1. The molecule has 1 atom stereocenters. The molecule has 0 heterocycles. The summed E-state index contributed by atoms with van der Waals surface area (Å²) in [7, 11) is 1.73. The molecule has 0 aliphatic carbocycles. The lowest BCUT2D eigenvalue weighted by Gasteiger charge is -2.19. The van der Waals surface area contributed by atoms with Gasteiger partial charge in [0.05, 0.1) is 7.11 Å². The van der Waals surface area contributed by atoms with Crippen molar-refractivity contribution in [3.8, 4) is 17.6 Å². The lowest BCUT2D eigenvalue weighted by molar-refractivity contribution is 0.409. The molecule has 0 aliphatic heterocycles. The predicted octanol–water partition coefficient (Wildman–Crippen LogP) is 3.85. The maximum Gasteiger partial charge on any atom is 0.122 e. The van der Waals surface area contributed by atoms with Crippen LogP contribution in [0, 0.1) is 18.8 Å². The molecule has 0 aliphatic rings. The second-order valence-electron chi connectivity index (χ2n) is 4.70. The summed E-state index contributed by atoms with van der Waals surface area (Å²) in [6.07, 6.45) is 3.10. The van der Waals surface area contributed by atoms with Crippen molar-refractivity contribution in [1.29, 1.82) is 0 Å². The standard InChI is InChI=1S/C17H25NO/c1-5-7-8-9-16(18-12-6-2)15-11-10-14(3)17(13-15)19-4/h10-11,13,16,18H,6,8-9,12H2,1-4H3. The van der Waals surface area contributed by atoms with Gasteiger partial charge < -0.3 is 10.1 Å². The molecule has 0 saturated heterocycles. The molecule has 0 radical (unpaired) electrons. The third-order valence-electron chi connectivity index (χ3n) is 3.21. The number of nitrogens with one attached hydrogen (secondary N) is 1. The van der Waals surface area contributed by atoms with Crippen molar-refractivity contribution in [1.82, 2.24) is 5.32 Å². The first-order valence-corrected chi connectivity index (χ1v) is 7.00. The van der Waals surface area contributed by atoms with Crippen molar-refractivity contribution in [2.45, 2.75) is 46.1 Å². The van der Waals surface area contributed by atoms with Gasteiger partial charge in [-0.2, -0.15) is 0 Å². The van der Waals surface area contributed by atoms with E-state index in [1.54, 1.807) is 7.11 Å². The van der Waals surface area contributed by atoms with E-state index >= 15 is 0 Å². The quantitative estimate of drug-likeness (QED) is 0.751. The number of aryl methyl sites for hydroxylation is 1. The Balaban J connectivity index is 2.84. The van der Waals surface area contributed by atoms with Gasteiger partial charge in [0.25, 0.3) is 0 Å². The lowest BCUT2D eigenvalue weighted by Crippen LogP contribution is -2.22. The van der Waals surface area contributed by atoms with Crippen LogP contribution in [0.2, 0.25) is 0 Å². The summed E-state index contributed by atoms with van der Waals surface area (Å²) >= 11 is 0. The first-order chi connectivity index (χ1) is 9.22. The van der Waals surface area contributed by atoms with E-state index in [1.807, 2.05) is 6.92 Å². The Bertz CT molecular complexity index is 442. The second-order valence-corrected chi connectivity index (χ2v) is 4.70. The number of hydrogen-bond acceptors (Lipinski definition) is 2. The van der Waals surface area contributed by atoms with Crippen molar-refractivity contribution in [3.05, 3.63) is 29.3 Å². The SMILES string of the molecule is CC#CCCC(NCCC)c1ccc(C)c(OC)c1. The van der Waals surface area contributed by atoms with Crippen LogP contribution in [0.3, 0.4) is 0 Å². The molecule has 0 bridgehead atoms. The summed E-state index contributed by atoms with van der Waals surface area (Å²) in [5, 5.41) is 3.59. The van der Waals surface area contributed by atoms with E-state index in [-0.39, 0.29) is 0 Å². The van der Waals surface area contributed by atoms with Gasteiger partial charge in [0.15, 0.2) is 0 Å². The van der Waals surface area contributed by atoms with Crippen LogP contribution in [0.5, 0.6) is 5.75 Å². The molecule has 0 spiro atoms. The van der Waals surface area contributed by atoms with Gasteiger partial charge in [-0.15, -0.1) is 11.8 Å². The van der Waals surface area contributed by atoms with Crippen molar-refractivity contribution in [2.24, 2.45) is 0 Å². The molecular formula is C17H25NO. The third-order valence-corrected chi connectivity index (χ3v) is 3.21. The normalized spacial score (nSPS) is 11.6. The monoisotopic (exact) mass is 259 g/mol. The molecule has 104 valence electrons. The van der Waals surface area contributed by atoms with Gasteiger partial charge in [0.1, 0.15) is 5.75 Å². The van der Waals surface area contributed by atoms with Crippen LogP contribution >= 0.6 is 0 Å². The number of hydrogen-bond donors (Lipinski definition) is 1. The van der Waals surface area contributed by atoms with Crippen LogP contribution in [0.15, 0.2) is 18.2 Å². The summed E-state index contributed by atoms with van der Waals surface area (Å²) in [4.78, 5) is 0. The molecule has 1 rings (SSSR count). The zero-order chi connectivity index (χ0) is 14.1. The van der Waals surface area contributed by atoms with Gasteiger partial charge in [0, 0.05) is 12.5 Å². The van der Waals surface area contributed by atoms with Crippen LogP contribution in [0.4, 0.5) is 0 Å². The molecule has 2 heteroatoms. The molecule has 0 amide bonds. The Hall–Kier alpha value is -1.46. The predicted molar refractivity (Wildman–Crippen MR) is 81.4 cm³/mol. The van der Waals surface area contributed by atoms with Crippen LogP contribution in [0.25, 0.3) is 0 Å². The van der Waals surface area contributed by atoms with Gasteiger partial charge in [0.2, 0.25) is 0 Å². The number of benzene rings is 1. The Morgan fingerprint density at radius 1 is 1.37 bits per heavy atom. The van der Waals surface area contributed by atoms with Gasteiger partial charge in [-0.1, -0.05) is 19.1 Å². The minimum absolute atomic E-state index is 0.357. The minimum Gasteiger partial charge on any atom is -0.496 e. The number of methoxy groups -OCH3 is 1. The van der Waals surface area contributed by atoms with Crippen LogP contribution in [0.1, 0.15) is 50.3 Å². The third kappa shape index (κ3) is 4.96. The highest BCUT2D eigenvalue weighted by Gasteiger charge is 2.11. The zero-order valence-corrected chi connectivity index (χ0v) is 12.5. The Labute approximate surface area is 117 Å². The average Bonchev–Trinajstić information content (AvgIpc) is 2.43. The van der Waals surface area contributed by atoms with Crippen LogP contribution in [-0.4, -0.2) is 13.7 Å². The van der Waals surface area contributed by atoms with Gasteiger partial charge in [-0.05, 0) is 50.4 Å². The molecule has 2 nitrogen and oxygen atoms in total. The Morgan fingerprint density at radius 2 is 2.16 bits per heavy atom. The first kappa shape index (κ1) is 15.6. The summed E-state index contributed by atoms with van der Waals surface area (Å²) in [5.41, 5.74) is 2.46. The highest BCUT2D eigenvalue weighted by Crippen LogP contribution is 2.25. The fraction of sp³-hybridized carbons (Fsp3) is 0.529. The second kappa shape index (κ2) is 8.61. The maximum atomic E-state index is 5.41. The Morgan fingerprint density at radius 3 is 2.79 bits per heavy atom. The summed E-state index contributed by atoms with van der Waals surface area (Å²) < 4.78 is 5.41.